The molecule has 25 heavy (non-hydrogen) atoms. The van der Waals surface area contributed by atoms with Crippen molar-refractivity contribution in [3.05, 3.63) is 49.1 Å². The van der Waals surface area contributed by atoms with Gasteiger partial charge in [0.25, 0.3) is 0 Å². The van der Waals surface area contributed by atoms with E-state index in [0.29, 0.717) is 16.8 Å². The van der Waals surface area contributed by atoms with E-state index in [1.165, 1.54) is 0 Å². The van der Waals surface area contributed by atoms with Gasteiger partial charge in [0.15, 0.2) is 6.20 Å². The van der Waals surface area contributed by atoms with Crippen molar-refractivity contribution in [1.82, 2.24) is 14.5 Å². The number of nitrogen functional groups attached to an aromatic ring is 1. The van der Waals surface area contributed by atoms with E-state index in [9.17, 15) is 5.21 Å². The SMILES string of the molecule is Cc1c[n+]([O-])c(Cn2cc(C(C)C)c3c(Br)nc(N)nc32)c(C)c1Br. The second kappa shape index (κ2) is 6.57. The van der Waals surface area contributed by atoms with Gasteiger partial charge in [-0.05, 0) is 57.2 Å². The minimum Gasteiger partial charge on any atom is -0.618 e. The van der Waals surface area contributed by atoms with Gasteiger partial charge in [-0.15, -0.1) is 0 Å². The number of nitrogens with two attached hydrogens (primary N) is 1. The molecule has 0 aromatic carbocycles. The van der Waals surface area contributed by atoms with Crippen LogP contribution in [0.15, 0.2) is 21.5 Å². The normalized spacial score (nSPS) is 11.6. The van der Waals surface area contributed by atoms with Crippen LogP contribution in [0.5, 0.6) is 0 Å². The van der Waals surface area contributed by atoms with E-state index in [4.69, 9.17) is 5.73 Å². The summed E-state index contributed by atoms with van der Waals surface area (Å²) < 4.78 is 4.52. The molecule has 8 heteroatoms. The summed E-state index contributed by atoms with van der Waals surface area (Å²) in [6.07, 6.45) is 3.61. The first kappa shape index (κ1) is 18.1. The molecule has 3 rings (SSSR count). The van der Waals surface area contributed by atoms with Crippen molar-refractivity contribution in [2.24, 2.45) is 0 Å². The Labute approximate surface area is 162 Å². The Morgan fingerprint density at radius 2 is 1.96 bits per heavy atom. The predicted octanol–water partition coefficient (Wildman–Crippen LogP) is 3.96. The molecule has 0 bridgehead atoms. The van der Waals surface area contributed by atoms with Gasteiger partial charge < -0.3 is 15.5 Å². The van der Waals surface area contributed by atoms with Crippen LogP contribution in [-0.4, -0.2) is 14.5 Å². The predicted molar refractivity (Wildman–Crippen MR) is 105 cm³/mol. The van der Waals surface area contributed by atoms with Crippen molar-refractivity contribution in [2.75, 3.05) is 5.73 Å². The van der Waals surface area contributed by atoms with Crippen LogP contribution in [-0.2, 0) is 6.54 Å². The number of aromatic nitrogens is 4. The second-order valence-corrected chi connectivity index (χ2v) is 8.01. The van der Waals surface area contributed by atoms with E-state index < -0.39 is 0 Å². The molecule has 0 atom stereocenters. The maximum atomic E-state index is 12.4. The van der Waals surface area contributed by atoms with Crippen molar-refractivity contribution in [3.8, 4) is 0 Å². The first-order chi connectivity index (χ1) is 11.7. The van der Waals surface area contributed by atoms with E-state index in [1.54, 1.807) is 6.20 Å². The highest BCUT2D eigenvalue weighted by atomic mass is 79.9. The third-order valence-corrected chi connectivity index (χ3v) is 6.14. The highest BCUT2D eigenvalue weighted by Gasteiger charge is 2.21. The van der Waals surface area contributed by atoms with Crippen LogP contribution in [0.3, 0.4) is 0 Å². The molecule has 0 amide bonds. The number of fused-ring (bicyclic) bond motifs is 1. The van der Waals surface area contributed by atoms with Gasteiger partial charge in [0.1, 0.15) is 16.8 Å². The molecular formula is C17H19Br2N5O. The van der Waals surface area contributed by atoms with Gasteiger partial charge in [-0.2, -0.15) is 9.71 Å². The molecule has 0 aliphatic rings. The molecule has 0 aliphatic heterocycles. The van der Waals surface area contributed by atoms with Crippen LogP contribution in [0.1, 0.15) is 42.1 Å². The van der Waals surface area contributed by atoms with E-state index in [2.05, 4.69) is 55.7 Å². The summed E-state index contributed by atoms with van der Waals surface area (Å²) in [5.74, 6) is 0.489. The summed E-state index contributed by atoms with van der Waals surface area (Å²) in [5, 5.41) is 13.4. The highest BCUT2D eigenvalue weighted by Crippen LogP contribution is 2.32. The fraction of sp³-hybridized carbons (Fsp3) is 0.353. The van der Waals surface area contributed by atoms with E-state index in [1.807, 2.05) is 24.6 Å². The molecule has 6 nitrogen and oxygen atoms in total. The number of hydrogen-bond donors (Lipinski definition) is 1. The molecule has 132 valence electrons. The van der Waals surface area contributed by atoms with Gasteiger partial charge in [0.2, 0.25) is 11.6 Å². The lowest BCUT2D eigenvalue weighted by atomic mass is 10.1. The van der Waals surface area contributed by atoms with Gasteiger partial charge in [0, 0.05) is 21.8 Å². The highest BCUT2D eigenvalue weighted by molar-refractivity contribution is 9.10. The Balaban J connectivity index is 2.23. The summed E-state index contributed by atoms with van der Waals surface area (Å²) in [5.41, 5.74) is 10.2. The van der Waals surface area contributed by atoms with E-state index in [-0.39, 0.29) is 11.9 Å². The zero-order valence-electron chi connectivity index (χ0n) is 14.5. The van der Waals surface area contributed by atoms with Crippen LogP contribution >= 0.6 is 31.9 Å². The Morgan fingerprint density at radius 3 is 2.60 bits per heavy atom. The Morgan fingerprint density at radius 1 is 1.28 bits per heavy atom. The van der Waals surface area contributed by atoms with Crippen LogP contribution < -0.4 is 10.5 Å². The largest absolute Gasteiger partial charge is 0.618 e. The third kappa shape index (κ3) is 3.13. The maximum absolute atomic E-state index is 12.4. The molecule has 3 aromatic heterocycles. The third-order valence-electron chi connectivity index (χ3n) is 4.35. The standard InChI is InChI=1S/C17H19Br2N5O/c1-8(2)11-6-23(16-13(11)15(19)21-17(20)22-16)7-12-10(4)14(18)9(3)5-24(12)25/h5-6,8H,7H2,1-4H3,(H2,20,21,22). The van der Waals surface area contributed by atoms with Gasteiger partial charge in [-0.25, -0.2) is 4.98 Å². The number of aryl methyl sites for hydroxylation is 1. The lowest BCUT2D eigenvalue weighted by Gasteiger charge is -2.12. The average molecular weight is 469 g/mol. The van der Waals surface area contributed by atoms with Gasteiger partial charge in [0.05, 0.1) is 5.39 Å². The van der Waals surface area contributed by atoms with Crippen LogP contribution in [0.4, 0.5) is 5.95 Å². The number of pyridine rings is 1. The van der Waals surface area contributed by atoms with Crippen LogP contribution in [0, 0.1) is 19.1 Å². The summed E-state index contributed by atoms with van der Waals surface area (Å²) in [7, 11) is 0. The van der Waals surface area contributed by atoms with Crippen molar-refractivity contribution < 1.29 is 4.73 Å². The number of rotatable bonds is 3. The first-order valence-corrected chi connectivity index (χ1v) is 9.48. The second-order valence-electron chi connectivity index (χ2n) is 6.46. The van der Waals surface area contributed by atoms with Gasteiger partial charge in [-0.1, -0.05) is 13.8 Å². The zero-order valence-corrected chi connectivity index (χ0v) is 17.6. The quantitative estimate of drug-likeness (QED) is 0.358. The summed E-state index contributed by atoms with van der Waals surface area (Å²) in [6.45, 7) is 8.48. The first-order valence-electron chi connectivity index (χ1n) is 7.90. The zero-order chi connectivity index (χ0) is 18.5. The molecule has 0 saturated heterocycles. The van der Waals surface area contributed by atoms with E-state index in [0.717, 1.165) is 36.9 Å². The number of nitrogens with zero attached hydrogens (tertiary/aromatic N) is 4. The lowest BCUT2D eigenvalue weighted by molar-refractivity contribution is -0.615. The van der Waals surface area contributed by atoms with E-state index >= 15 is 0 Å². The topological polar surface area (TPSA) is 83.7 Å². The van der Waals surface area contributed by atoms with Gasteiger partial charge >= 0.3 is 0 Å². The molecule has 0 spiro atoms. The fourth-order valence-corrected chi connectivity index (χ4v) is 3.91. The summed E-state index contributed by atoms with van der Waals surface area (Å²) in [6, 6.07) is 0. The Bertz CT molecular complexity index is 981. The molecule has 0 aliphatic carbocycles. The number of hydrogen-bond acceptors (Lipinski definition) is 4. The minimum absolute atomic E-state index is 0.200. The molecule has 3 heterocycles. The summed E-state index contributed by atoms with van der Waals surface area (Å²) in [4.78, 5) is 8.63. The molecule has 0 fully saturated rings. The monoisotopic (exact) mass is 467 g/mol. The Kier molecular flexibility index (Phi) is 4.76. The average Bonchev–Trinajstić information content (AvgIpc) is 2.88. The van der Waals surface area contributed by atoms with Crippen molar-refractivity contribution in [3.63, 3.8) is 0 Å². The molecule has 0 unspecified atom stereocenters. The molecule has 2 N–H and O–H groups in total. The number of anilines is 1. The molecule has 0 radical (unpaired) electrons. The fourth-order valence-electron chi connectivity index (χ4n) is 2.99. The smallest absolute Gasteiger partial charge is 0.223 e. The van der Waals surface area contributed by atoms with Crippen LogP contribution in [0.25, 0.3) is 11.0 Å². The maximum Gasteiger partial charge on any atom is 0.223 e. The van der Waals surface area contributed by atoms with Crippen LogP contribution in [0.2, 0.25) is 0 Å². The number of halogens is 2. The van der Waals surface area contributed by atoms with Crippen molar-refractivity contribution in [2.45, 2.75) is 40.2 Å². The van der Waals surface area contributed by atoms with Crippen molar-refractivity contribution in [1.29, 1.82) is 0 Å². The minimum atomic E-state index is 0.200. The molecule has 0 saturated carbocycles. The van der Waals surface area contributed by atoms with Gasteiger partial charge in [-0.3, -0.25) is 0 Å². The lowest BCUT2D eigenvalue weighted by Crippen LogP contribution is -2.34. The summed E-state index contributed by atoms with van der Waals surface area (Å²) >= 11 is 7.06. The van der Waals surface area contributed by atoms with Crippen molar-refractivity contribution >= 4 is 48.8 Å². The molecule has 3 aromatic rings. The Hall–Kier alpha value is -1.67. The molecular weight excluding hydrogens is 450 g/mol.